The summed E-state index contributed by atoms with van der Waals surface area (Å²) in [5.41, 5.74) is 2.85. The Labute approximate surface area is 182 Å². The molecule has 1 aromatic heterocycles. The number of carbonyl (C=O) groups is 1. The molecule has 2 heterocycles. The molecule has 1 fully saturated rings. The Morgan fingerprint density at radius 3 is 2.39 bits per heavy atom. The van der Waals surface area contributed by atoms with Gasteiger partial charge in [0.25, 0.3) is 0 Å². The number of nitrogens with zero attached hydrogens (tertiary/aromatic N) is 3. The van der Waals surface area contributed by atoms with E-state index in [1.165, 1.54) is 17.7 Å². The number of halogens is 1. The molecule has 1 saturated heterocycles. The molecule has 1 N–H and O–H groups in total. The number of piperidine rings is 1. The van der Waals surface area contributed by atoms with Gasteiger partial charge in [0.2, 0.25) is 5.91 Å². The second-order valence-electron chi connectivity index (χ2n) is 7.93. The van der Waals surface area contributed by atoms with Gasteiger partial charge in [-0.25, -0.2) is 4.39 Å². The van der Waals surface area contributed by atoms with Gasteiger partial charge in [0.15, 0.2) is 5.82 Å². The van der Waals surface area contributed by atoms with Gasteiger partial charge in [-0.3, -0.25) is 4.79 Å². The first-order valence-electron chi connectivity index (χ1n) is 10.9. The minimum Gasteiger partial charge on any atom is -0.356 e. The van der Waals surface area contributed by atoms with Crippen LogP contribution in [-0.2, 0) is 11.2 Å². The number of aromatic nitrogens is 2. The van der Waals surface area contributed by atoms with Crippen LogP contribution in [0, 0.1) is 11.7 Å². The molecule has 5 nitrogen and oxygen atoms in total. The first-order valence-corrected chi connectivity index (χ1v) is 10.9. The lowest BCUT2D eigenvalue weighted by Gasteiger charge is -2.31. The minimum atomic E-state index is -0.267. The lowest BCUT2D eigenvalue weighted by Crippen LogP contribution is -2.41. The van der Waals surface area contributed by atoms with Crippen LogP contribution in [-0.4, -0.2) is 35.7 Å². The highest BCUT2D eigenvalue weighted by atomic mass is 19.1. The molecule has 0 radical (unpaired) electrons. The van der Waals surface area contributed by atoms with Crippen molar-refractivity contribution in [2.75, 3.05) is 24.5 Å². The standard InChI is InChI=1S/C25H27FN4O/c26-22-10-8-20(9-11-22)23-12-13-24(29-28-23)30-17-14-21(15-18-30)25(31)27-16-4-7-19-5-2-1-3-6-19/h1-3,5-6,8-13,21H,4,7,14-18H2,(H,27,31). The number of aryl methyl sites for hydroxylation is 1. The number of hydrogen-bond donors (Lipinski definition) is 1. The van der Waals surface area contributed by atoms with Gasteiger partial charge in [-0.05, 0) is 67.6 Å². The number of nitrogens with one attached hydrogen (secondary N) is 1. The summed E-state index contributed by atoms with van der Waals surface area (Å²) < 4.78 is 13.1. The Balaban J connectivity index is 1.22. The fraction of sp³-hybridized carbons (Fsp3) is 0.320. The van der Waals surface area contributed by atoms with Crippen molar-refractivity contribution in [3.63, 3.8) is 0 Å². The second kappa shape index (κ2) is 10.2. The van der Waals surface area contributed by atoms with E-state index in [4.69, 9.17) is 0 Å². The molecular formula is C25H27FN4O. The van der Waals surface area contributed by atoms with Crippen LogP contribution < -0.4 is 10.2 Å². The predicted octanol–water partition coefficient (Wildman–Crippen LogP) is 4.25. The second-order valence-corrected chi connectivity index (χ2v) is 7.93. The van der Waals surface area contributed by atoms with E-state index in [1.807, 2.05) is 30.3 Å². The molecule has 0 spiro atoms. The molecule has 1 aliphatic heterocycles. The molecule has 31 heavy (non-hydrogen) atoms. The van der Waals surface area contributed by atoms with Gasteiger partial charge in [-0.15, -0.1) is 10.2 Å². The average molecular weight is 419 g/mol. The van der Waals surface area contributed by atoms with E-state index in [-0.39, 0.29) is 17.6 Å². The Morgan fingerprint density at radius 2 is 1.71 bits per heavy atom. The van der Waals surface area contributed by atoms with E-state index in [2.05, 4.69) is 32.5 Å². The molecule has 0 unspecified atom stereocenters. The quantitative estimate of drug-likeness (QED) is 0.583. The summed E-state index contributed by atoms with van der Waals surface area (Å²) in [5.74, 6) is 0.758. The largest absolute Gasteiger partial charge is 0.356 e. The van der Waals surface area contributed by atoms with Crippen LogP contribution in [0.2, 0.25) is 0 Å². The van der Waals surface area contributed by atoms with Gasteiger partial charge in [-0.2, -0.15) is 0 Å². The van der Waals surface area contributed by atoms with Crippen LogP contribution >= 0.6 is 0 Å². The lowest BCUT2D eigenvalue weighted by atomic mass is 9.96. The predicted molar refractivity (Wildman–Crippen MR) is 120 cm³/mol. The van der Waals surface area contributed by atoms with Gasteiger partial charge < -0.3 is 10.2 Å². The SMILES string of the molecule is O=C(NCCCc1ccccc1)C1CCN(c2ccc(-c3ccc(F)cc3)nn2)CC1. The maximum Gasteiger partial charge on any atom is 0.223 e. The van der Waals surface area contributed by atoms with E-state index in [9.17, 15) is 9.18 Å². The molecule has 0 aliphatic carbocycles. The molecule has 1 aliphatic rings. The molecular weight excluding hydrogens is 391 g/mol. The van der Waals surface area contributed by atoms with Gasteiger partial charge in [-0.1, -0.05) is 30.3 Å². The van der Waals surface area contributed by atoms with E-state index in [0.717, 1.165) is 50.2 Å². The third-order valence-electron chi connectivity index (χ3n) is 5.76. The molecule has 160 valence electrons. The van der Waals surface area contributed by atoms with Crippen molar-refractivity contribution >= 4 is 11.7 Å². The molecule has 4 rings (SSSR count). The minimum absolute atomic E-state index is 0.0550. The van der Waals surface area contributed by atoms with Crippen molar-refractivity contribution in [1.29, 1.82) is 0 Å². The maximum absolute atomic E-state index is 13.1. The Morgan fingerprint density at radius 1 is 0.968 bits per heavy atom. The van der Waals surface area contributed by atoms with Crippen molar-refractivity contribution in [3.05, 3.63) is 78.1 Å². The first kappa shape index (κ1) is 21.0. The van der Waals surface area contributed by atoms with Crippen molar-refractivity contribution in [1.82, 2.24) is 15.5 Å². The van der Waals surface area contributed by atoms with Crippen molar-refractivity contribution in [2.24, 2.45) is 5.92 Å². The summed E-state index contributed by atoms with van der Waals surface area (Å²) in [6.07, 6.45) is 3.55. The molecule has 0 bridgehead atoms. The number of anilines is 1. The highest BCUT2D eigenvalue weighted by Crippen LogP contribution is 2.23. The van der Waals surface area contributed by atoms with E-state index >= 15 is 0 Å². The zero-order valence-corrected chi connectivity index (χ0v) is 17.5. The summed E-state index contributed by atoms with van der Waals surface area (Å²) in [6, 6.07) is 20.4. The Hall–Kier alpha value is -3.28. The van der Waals surface area contributed by atoms with E-state index in [0.29, 0.717) is 12.2 Å². The van der Waals surface area contributed by atoms with Crippen LogP contribution in [0.1, 0.15) is 24.8 Å². The van der Waals surface area contributed by atoms with Crippen LogP contribution in [0.25, 0.3) is 11.3 Å². The van der Waals surface area contributed by atoms with Crippen LogP contribution in [0.4, 0.5) is 10.2 Å². The maximum atomic E-state index is 13.1. The molecule has 0 atom stereocenters. The average Bonchev–Trinajstić information content (AvgIpc) is 2.83. The summed E-state index contributed by atoms with van der Waals surface area (Å²) in [7, 11) is 0. The third kappa shape index (κ3) is 5.66. The number of hydrogen-bond acceptors (Lipinski definition) is 4. The zero-order chi connectivity index (χ0) is 21.5. The number of rotatable bonds is 7. The summed E-state index contributed by atoms with van der Waals surface area (Å²) in [4.78, 5) is 14.7. The zero-order valence-electron chi connectivity index (χ0n) is 17.5. The normalized spacial score (nSPS) is 14.4. The Kier molecular flexibility index (Phi) is 6.87. The monoisotopic (exact) mass is 418 g/mol. The van der Waals surface area contributed by atoms with Gasteiger partial charge in [0.1, 0.15) is 5.82 Å². The summed E-state index contributed by atoms with van der Waals surface area (Å²) >= 11 is 0. The smallest absolute Gasteiger partial charge is 0.223 e. The van der Waals surface area contributed by atoms with Crippen molar-refractivity contribution in [2.45, 2.75) is 25.7 Å². The molecule has 1 amide bonds. The summed E-state index contributed by atoms with van der Waals surface area (Å²) in [5, 5.41) is 11.7. The molecule has 3 aromatic rings. The fourth-order valence-electron chi connectivity index (χ4n) is 3.93. The highest BCUT2D eigenvalue weighted by Gasteiger charge is 2.25. The topological polar surface area (TPSA) is 58.1 Å². The first-order chi connectivity index (χ1) is 15.2. The number of benzene rings is 2. The van der Waals surface area contributed by atoms with Crippen LogP contribution in [0.5, 0.6) is 0 Å². The fourth-order valence-corrected chi connectivity index (χ4v) is 3.93. The van der Waals surface area contributed by atoms with Crippen LogP contribution in [0.15, 0.2) is 66.7 Å². The highest BCUT2D eigenvalue weighted by molar-refractivity contribution is 5.79. The molecule has 2 aromatic carbocycles. The van der Waals surface area contributed by atoms with Crippen molar-refractivity contribution < 1.29 is 9.18 Å². The summed E-state index contributed by atoms with van der Waals surface area (Å²) in [6.45, 7) is 2.28. The van der Waals surface area contributed by atoms with Crippen LogP contribution in [0.3, 0.4) is 0 Å². The number of amides is 1. The van der Waals surface area contributed by atoms with E-state index in [1.54, 1.807) is 12.1 Å². The third-order valence-corrected chi connectivity index (χ3v) is 5.76. The van der Waals surface area contributed by atoms with Gasteiger partial charge in [0.05, 0.1) is 5.69 Å². The Bertz CT molecular complexity index is 969. The van der Waals surface area contributed by atoms with Crippen molar-refractivity contribution in [3.8, 4) is 11.3 Å². The van der Waals surface area contributed by atoms with Gasteiger partial charge >= 0.3 is 0 Å². The number of carbonyl (C=O) groups excluding carboxylic acids is 1. The van der Waals surface area contributed by atoms with Gasteiger partial charge in [0, 0.05) is 31.1 Å². The molecule has 0 saturated carbocycles. The molecule has 6 heteroatoms. The lowest BCUT2D eigenvalue weighted by molar-refractivity contribution is -0.125. The van der Waals surface area contributed by atoms with E-state index < -0.39 is 0 Å².